The van der Waals surface area contributed by atoms with Crippen LogP contribution in [0.4, 0.5) is 0 Å². The third kappa shape index (κ3) is 2.67. The minimum Gasteiger partial charge on any atom is -0.326 e. The molecule has 0 spiro atoms. The standard InChI is InChI=1S/C8H18N2/c1-6(2)8(9)5-10-7-3-4-7/h6-8,10H,3-5,9H2,1-2H3. The molecule has 1 aliphatic rings. The third-order valence-corrected chi connectivity index (χ3v) is 2.08. The van der Waals surface area contributed by atoms with Gasteiger partial charge < -0.3 is 11.1 Å². The van der Waals surface area contributed by atoms with Crippen molar-refractivity contribution in [1.82, 2.24) is 5.32 Å². The topological polar surface area (TPSA) is 38.0 Å². The lowest BCUT2D eigenvalue weighted by molar-refractivity contribution is 0.457. The SMILES string of the molecule is CC(C)C(N)CNC1CC1. The fourth-order valence-corrected chi connectivity index (χ4v) is 0.826. The summed E-state index contributed by atoms with van der Waals surface area (Å²) in [4.78, 5) is 0. The van der Waals surface area contributed by atoms with Gasteiger partial charge in [-0.15, -0.1) is 0 Å². The van der Waals surface area contributed by atoms with Gasteiger partial charge in [0.15, 0.2) is 0 Å². The summed E-state index contributed by atoms with van der Waals surface area (Å²) in [7, 11) is 0. The molecule has 2 heteroatoms. The monoisotopic (exact) mass is 142 g/mol. The molecule has 1 fully saturated rings. The maximum Gasteiger partial charge on any atom is 0.0188 e. The van der Waals surface area contributed by atoms with Crippen LogP contribution in [-0.2, 0) is 0 Å². The molecular weight excluding hydrogens is 124 g/mol. The zero-order valence-corrected chi connectivity index (χ0v) is 6.93. The fourth-order valence-electron chi connectivity index (χ4n) is 0.826. The lowest BCUT2D eigenvalue weighted by Crippen LogP contribution is -2.38. The van der Waals surface area contributed by atoms with Crippen LogP contribution in [0.3, 0.4) is 0 Å². The summed E-state index contributed by atoms with van der Waals surface area (Å²) in [6, 6.07) is 1.13. The van der Waals surface area contributed by atoms with Gasteiger partial charge in [0.05, 0.1) is 0 Å². The molecule has 1 unspecified atom stereocenters. The predicted octanol–water partition coefficient (Wildman–Crippen LogP) is 0.722. The average Bonchev–Trinajstić information content (AvgIpc) is 2.64. The highest BCUT2D eigenvalue weighted by molar-refractivity contribution is 4.83. The van der Waals surface area contributed by atoms with Crippen LogP contribution >= 0.6 is 0 Å². The first-order valence-electron chi connectivity index (χ1n) is 4.19. The van der Waals surface area contributed by atoms with E-state index in [1.54, 1.807) is 0 Å². The average molecular weight is 142 g/mol. The second kappa shape index (κ2) is 3.35. The molecule has 1 aliphatic carbocycles. The summed E-state index contributed by atoms with van der Waals surface area (Å²) in [5, 5.41) is 3.41. The number of nitrogens with two attached hydrogens (primary N) is 1. The minimum atomic E-state index is 0.334. The van der Waals surface area contributed by atoms with E-state index in [9.17, 15) is 0 Å². The Hall–Kier alpha value is -0.0800. The molecule has 0 bridgehead atoms. The number of rotatable bonds is 4. The van der Waals surface area contributed by atoms with Crippen molar-refractivity contribution < 1.29 is 0 Å². The Morgan fingerprint density at radius 2 is 2.10 bits per heavy atom. The Kier molecular flexibility index (Phi) is 2.69. The molecule has 0 aromatic rings. The Morgan fingerprint density at radius 3 is 2.50 bits per heavy atom. The molecule has 0 heterocycles. The lowest BCUT2D eigenvalue weighted by Gasteiger charge is -2.15. The summed E-state index contributed by atoms with van der Waals surface area (Å²) in [5.41, 5.74) is 5.83. The van der Waals surface area contributed by atoms with E-state index in [0.717, 1.165) is 12.6 Å². The molecule has 1 atom stereocenters. The van der Waals surface area contributed by atoms with Gasteiger partial charge in [0.25, 0.3) is 0 Å². The van der Waals surface area contributed by atoms with Gasteiger partial charge >= 0.3 is 0 Å². The van der Waals surface area contributed by atoms with Gasteiger partial charge in [-0.3, -0.25) is 0 Å². The van der Waals surface area contributed by atoms with Crippen LogP contribution in [0.2, 0.25) is 0 Å². The molecule has 0 radical (unpaired) electrons. The first-order chi connectivity index (χ1) is 4.70. The highest BCUT2D eigenvalue weighted by Crippen LogP contribution is 2.18. The quantitative estimate of drug-likeness (QED) is 0.607. The van der Waals surface area contributed by atoms with E-state index in [4.69, 9.17) is 5.73 Å². The van der Waals surface area contributed by atoms with Crippen LogP contribution in [0.1, 0.15) is 26.7 Å². The molecule has 0 aromatic heterocycles. The summed E-state index contributed by atoms with van der Waals surface area (Å²) >= 11 is 0. The van der Waals surface area contributed by atoms with E-state index < -0.39 is 0 Å². The molecule has 3 N–H and O–H groups in total. The third-order valence-electron chi connectivity index (χ3n) is 2.08. The second-order valence-electron chi connectivity index (χ2n) is 3.59. The van der Waals surface area contributed by atoms with Crippen LogP contribution in [0, 0.1) is 5.92 Å². The number of hydrogen-bond acceptors (Lipinski definition) is 2. The van der Waals surface area contributed by atoms with E-state index >= 15 is 0 Å². The second-order valence-corrected chi connectivity index (χ2v) is 3.59. The van der Waals surface area contributed by atoms with Crippen molar-refractivity contribution in [1.29, 1.82) is 0 Å². The van der Waals surface area contributed by atoms with Crippen molar-refractivity contribution in [3.05, 3.63) is 0 Å². The fraction of sp³-hybridized carbons (Fsp3) is 1.00. The van der Waals surface area contributed by atoms with E-state index in [-0.39, 0.29) is 0 Å². The van der Waals surface area contributed by atoms with Gasteiger partial charge in [-0.1, -0.05) is 13.8 Å². The van der Waals surface area contributed by atoms with Crippen LogP contribution in [0.5, 0.6) is 0 Å². The van der Waals surface area contributed by atoms with Crippen LogP contribution in [0.15, 0.2) is 0 Å². The van der Waals surface area contributed by atoms with Gasteiger partial charge in [0, 0.05) is 18.6 Å². The van der Waals surface area contributed by atoms with E-state index in [1.807, 2.05) is 0 Å². The van der Waals surface area contributed by atoms with Gasteiger partial charge in [-0.2, -0.15) is 0 Å². The predicted molar refractivity (Wildman–Crippen MR) is 43.8 cm³/mol. The highest BCUT2D eigenvalue weighted by Gasteiger charge is 2.21. The molecule has 0 aromatic carbocycles. The first kappa shape index (κ1) is 8.02. The van der Waals surface area contributed by atoms with Gasteiger partial charge in [-0.25, -0.2) is 0 Å². The maximum atomic E-state index is 5.83. The summed E-state index contributed by atoms with van der Waals surface area (Å²) in [5.74, 6) is 0.603. The molecule has 2 nitrogen and oxygen atoms in total. The molecule has 0 amide bonds. The molecular formula is C8H18N2. The highest BCUT2D eigenvalue weighted by atomic mass is 15.0. The Morgan fingerprint density at radius 1 is 1.50 bits per heavy atom. The Labute approximate surface area is 63.2 Å². The largest absolute Gasteiger partial charge is 0.326 e. The summed E-state index contributed by atoms with van der Waals surface area (Å²) in [6.45, 7) is 5.32. The van der Waals surface area contributed by atoms with Crippen molar-refractivity contribution in [2.75, 3.05) is 6.54 Å². The van der Waals surface area contributed by atoms with Gasteiger partial charge in [0.2, 0.25) is 0 Å². The van der Waals surface area contributed by atoms with Gasteiger partial charge in [-0.05, 0) is 18.8 Å². The zero-order chi connectivity index (χ0) is 7.56. The zero-order valence-electron chi connectivity index (χ0n) is 6.93. The molecule has 10 heavy (non-hydrogen) atoms. The van der Waals surface area contributed by atoms with Crippen LogP contribution < -0.4 is 11.1 Å². The summed E-state index contributed by atoms with van der Waals surface area (Å²) < 4.78 is 0. The van der Waals surface area contributed by atoms with E-state index in [1.165, 1.54) is 12.8 Å². The molecule has 0 aliphatic heterocycles. The number of hydrogen-bond donors (Lipinski definition) is 2. The maximum absolute atomic E-state index is 5.83. The smallest absolute Gasteiger partial charge is 0.0188 e. The molecule has 0 saturated heterocycles. The van der Waals surface area contributed by atoms with Crippen molar-refractivity contribution in [3.63, 3.8) is 0 Å². The normalized spacial score (nSPS) is 21.6. The van der Waals surface area contributed by atoms with Crippen molar-refractivity contribution in [2.24, 2.45) is 11.7 Å². The Balaban J connectivity index is 1.99. The van der Waals surface area contributed by atoms with Crippen molar-refractivity contribution in [2.45, 2.75) is 38.8 Å². The minimum absolute atomic E-state index is 0.334. The first-order valence-corrected chi connectivity index (χ1v) is 4.19. The molecule has 1 saturated carbocycles. The lowest BCUT2D eigenvalue weighted by atomic mass is 10.1. The Bertz CT molecular complexity index is 97.4. The summed E-state index contributed by atoms with van der Waals surface area (Å²) in [6.07, 6.45) is 2.70. The van der Waals surface area contributed by atoms with Crippen LogP contribution in [0.25, 0.3) is 0 Å². The van der Waals surface area contributed by atoms with Crippen molar-refractivity contribution >= 4 is 0 Å². The van der Waals surface area contributed by atoms with Crippen LogP contribution in [-0.4, -0.2) is 18.6 Å². The van der Waals surface area contributed by atoms with E-state index in [0.29, 0.717) is 12.0 Å². The van der Waals surface area contributed by atoms with Gasteiger partial charge in [0.1, 0.15) is 0 Å². The van der Waals surface area contributed by atoms with Crippen molar-refractivity contribution in [3.8, 4) is 0 Å². The van der Waals surface area contributed by atoms with E-state index in [2.05, 4.69) is 19.2 Å². The molecule has 60 valence electrons. The number of nitrogens with one attached hydrogen (secondary N) is 1. The molecule has 1 rings (SSSR count).